The Morgan fingerprint density at radius 2 is 1.93 bits per heavy atom. The maximum absolute atomic E-state index is 13.2. The Balaban J connectivity index is 1.49. The van der Waals surface area contributed by atoms with Gasteiger partial charge in [-0.1, -0.05) is 19.9 Å². The van der Waals surface area contributed by atoms with Gasteiger partial charge in [-0.15, -0.1) is 11.3 Å². The summed E-state index contributed by atoms with van der Waals surface area (Å²) in [5.74, 6) is -1.56. The molecule has 0 unspecified atom stereocenters. The molecule has 0 spiro atoms. The number of anilines is 2. The fourth-order valence-electron chi connectivity index (χ4n) is 5.84. The largest absolute Gasteiger partial charge is 0.481 e. The highest BCUT2D eigenvalue weighted by Crippen LogP contribution is 2.51. The average molecular weight is 573 g/mol. The molecular formula is C29H31F3N4O3S. The summed E-state index contributed by atoms with van der Waals surface area (Å²) in [7, 11) is 0. The van der Waals surface area contributed by atoms with Gasteiger partial charge in [0.2, 0.25) is 5.95 Å². The number of allylic oxidation sites excluding steroid dienone is 2. The van der Waals surface area contributed by atoms with Crippen LogP contribution in [0.4, 0.5) is 24.8 Å². The fourth-order valence-corrected chi connectivity index (χ4v) is 6.85. The zero-order chi connectivity index (χ0) is 28.7. The van der Waals surface area contributed by atoms with Crippen molar-refractivity contribution in [1.29, 1.82) is 0 Å². The van der Waals surface area contributed by atoms with Crippen molar-refractivity contribution < 1.29 is 28.2 Å². The van der Waals surface area contributed by atoms with E-state index in [9.17, 15) is 28.2 Å². The first-order chi connectivity index (χ1) is 18.8. The molecule has 2 aromatic heterocycles. The molecule has 0 radical (unpaired) electrons. The summed E-state index contributed by atoms with van der Waals surface area (Å²) in [5, 5.41) is 24.6. The van der Waals surface area contributed by atoms with E-state index >= 15 is 0 Å². The van der Waals surface area contributed by atoms with Gasteiger partial charge in [0.15, 0.2) is 0 Å². The van der Waals surface area contributed by atoms with Crippen LogP contribution in [0.25, 0.3) is 16.0 Å². The lowest BCUT2D eigenvalue weighted by Gasteiger charge is -2.44. The second kappa shape index (κ2) is 10.6. The van der Waals surface area contributed by atoms with Gasteiger partial charge in [0.25, 0.3) is 0 Å². The third-order valence-electron chi connectivity index (χ3n) is 7.82. The number of nitrogens with one attached hydrogen (secondary N) is 1. The van der Waals surface area contributed by atoms with E-state index in [1.165, 1.54) is 16.9 Å². The van der Waals surface area contributed by atoms with Gasteiger partial charge in [-0.05, 0) is 91.3 Å². The molecule has 212 valence electrons. The van der Waals surface area contributed by atoms with Crippen molar-refractivity contribution in [3.63, 3.8) is 0 Å². The summed E-state index contributed by atoms with van der Waals surface area (Å²) in [6, 6.07) is 6.55. The molecule has 3 aromatic rings. The molecule has 2 aliphatic carbocycles. The third kappa shape index (κ3) is 5.90. The summed E-state index contributed by atoms with van der Waals surface area (Å²) in [6.45, 7) is 3.72. The number of thiazole rings is 1. The van der Waals surface area contributed by atoms with Crippen LogP contribution in [0.1, 0.15) is 75.1 Å². The maximum atomic E-state index is 13.2. The number of rotatable bonds is 6. The van der Waals surface area contributed by atoms with Crippen molar-refractivity contribution >= 4 is 34.5 Å². The summed E-state index contributed by atoms with van der Waals surface area (Å²) in [4.78, 5) is 24.7. The van der Waals surface area contributed by atoms with Crippen LogP contribution in [0, 0.1) is 11.3 Å². The molecule has 2 aliphatic rings. The molecule has 1 saturated carbocycles. The molecule has 2 atom stereocenters. The van der Waals surface area contributed by atoms with Crippen molar-refractivity contribution in [3.05, 3.63) is 59.0 Å². The van der Waals surface area contributed by atoms with E-state index < -0.39 is 34.8 Å². The fraction of sp³-hybridized carbons (Fsp3) is 0.448. The van der Waals surface area contributed by atoms with Crippen LogP contribution < -0.4 is 5.32 Å². The van der Waals surface area contributed by atoms with Crippen LogP contribution in [-0.4, -0.2) is 31.1 Å². The van der Waals surface area contributed by atoms with Gasteiger partial charge in [0, 0.05) is 18.1 Å². The number of alkyl halides is 3. The van der Waals surface area contributed by atoms with Crippen LogP contribution in [0.2, 0.25) is 0 Å². The monoisotopic (exact) mass is 572 g/mol. The first-order valence-corrected chi connectivity index (χ1v) is 14.1. The standard InChI is InChI=1S/C29H31F3N4O3S/c1-27(2)16-28(39,10-8-21(27)24(37)38)25-34-15-22(40-25)19-12-18(17-6-4-3-5-7-17)13-20(14-19)35-26-33-11-9-23(36-26)29(30,31)32/h6,9,11-15,21,39H,3-5,7-8,10,16H2,1-2H3,(H,37,38)(H,33,35,36)/t21-,28-/m1/s1. The normalized spacial score (nSPS) is 22.9. The predicted molar refractivity (Wildman–Crippen MR) is 147 cm³/mol. The number of hydrogen-bond donors (Lipinski definition) is 3. The van der Waals surface area contributed by atoms with E-state index in [0.29, 0.717) is 23.5 Å². The van der Waals surface area contributed by atoms with Crippen molar-refractivity contribution in [2.75, 3.05) is 5.32 Å². The number of aliphatic carboxylic acids is 1. The van der Waals surface area contributed by atoms with E-state index in [-0.39, 0.29) is 12.4 Å². The maximum Gasteiger partial charge on any atom is 0.433 e. The topological polar surface area (TPSA) is 108 Å². The van der Waals surface area contributed by atoms with Crippen molar-refractivity contribution in [2.45, 2.75) is 70.6 Å². The zero-order valence-electron chi connectivity index (χ0n) is 22.3. The Morgan fingerprint density at radius 3 is 2.60 bits per heavy atom. The second-order valence-corrected chi connectivity index (χ2v) is 12.3. The number of aromatic nitrogens is 3. The molecule has 0 aliphatic heterocycles. The van der Waals surface area contributed by atoms with Gasteiger partial charge < -0.3 is 15.5 Å². The first kappa shape index (κ1) is 28.2. The van der Waals surface area contributed by atoms with Gasteiger partial charge in [0.05, 0.1) is 10.8 Å². The van der Waals surface area contributed by atoms with Crippen molar-refractivity contribution in [1.82, 2.24) is 15.0 Å². The van der Waals surface area contributed by atoms with E-state index in [0.717, 1.165) is 54.0 Å². The molecular weight excluding hydrogens is 541 g/mol. The highest BCUT2D eigenvalue weighted by molar-refractivity contribution is 7.15. The molecule has 0 bridgehead atoms. The SMILES string of the molecule is CC1(C)C[C@@](O)(c2ncc(-c3cc(Nc4nccc(C(F)(F)F)n4)cc(C4=CCCCC4)c3)s2)CC[C@@H]1C(=O)O. The van der Waals surface area contributed by atoms with Crippen LogP contribution in [0.5, 0.6) is 0 Å². The number of carbonyl (C=O) groups is 1. The molecule has 1 aromatic carbocycles. The summed E-state index contributed by atoms with van der Waals surface area (Å²) in [6.07, 6.45) is 5.32. The van der Waals surface area contributed by atoms with Gasteiger partial charge in [-0.25, -0.2) is 15.0 Å². The van der Waals surface area contributed by atoms with Crippen LogP contribution in [0.3, 0.4) is 0 Å². The van der Waals surface area contributed by atoms with E-state index in [1.807, 2.05) is 32.0 Å². The number of halogens is 3. The van der Waals surface area contributed by atoms with Crippen molar-refractivity contribution in [3.8, 4) is 10.4 Å². The van der Waals surface area contributed by atoms with Crippen LogP contribution >= 0.6 is 11.3 Å². The minimum absolute atomic E-state index is 0.160. The lowest BCUT2D eigenvalue weighted by molar-refractivity contribution is -0.154. The highest BCUT2D eigenvalue weighted by atomic mass is 32.1. The van der Waals surface area contributed by atoms with E-state index in [4.69, 9.17) is 0 Å². The molecule has 3 N–H and O–H groups in total. The Hall–Kier alpha value is -3.31. The van der Waals surface area contributed by atoms with Crippen molar-refractivity contribution in [2.24, 2.45) is 11.3 Å². The van der Waals surface area contributed by atoms with Gasteiger partial charge in [-0.2, -0.15) is 13.2 Å². The molecule has 5 rings (SSSR count). The van der Waals surface area contributed by atoms with Gasteiger partial charge in [0.1, 0.15) is 16.3 Å². The van der Waals surface area contributed by atoms with E-state index in [2.05, 4.69) is 26.3 Å². The zero-order valence-corrected chi connectivity index (χ0v) is 23.1. The third-order valence-corrected chi connectivity index (χ3v) is 9.06. The number of hydrogen-bond acceptors (Lipinski definition) is 7. The molecule has 40 heavy (non-hydrogen) atoms. The molecule has 1 fully saturated rings. The molecule has 2 heterocycles. The van der Waals surface area contributed by atoms with Crippen LogP contribution in [-0.2, 0) is 16.6 Å². The molecule has 0 saturated heterocycles. The quantitative estimate of drug-likeness (QED) is 0.282. The number of benzene rings is 1. The number of carboxylic acid groups (broad SMARTS) is 1. The number of aliphatic hydroxyl groups is 1. The summed E-state index contributed by atoms with van der Waals surface area (Å²) in [5.41, 5.74) is 0.563. The summed E-state index contributed by atoms with van der Waals surface area (Å²) < 4.78 is 39.6. The predicted octanol–water partition coefficient (Wildman–Crippen LogP) is 7.42. The lowest BCUT2D eigenvalue weighted by atomic mass is 9.63. The van der Waals surface area contributed by atoms with Gasteiger partial charge >= 0.3 is 12.1 Å². The van der Waals surface area contributed by atoms with Gasteiger partial charge in [-0.3, -0.25) is 4.79 Å². The smallest absolute Gasteiger partial charge is 0.433 e. The molecule has 11 heteroatoms. The minimum Gasteiger partial charge on any atom is -0.481 e. The molecule has 7 nitrogen and oxygen atoms in total. The Kier molecular flexibility index (Phi) is 7.47. The average Bonchev–Trinajstić information content (AvgIpc) is 3.40. The Labute approximate surface area is 234 Å². The van der Waals surface area contributed by atoms with Crippen LogP contribution in [0.15, 0.2) is 42.7 Å². The highest BCUT2D eigenvalue weighted by Gasteiger charge is 2.49. The number of nitrogens with zero attached hydrogens (tertiary/aromatic N) is 3. The lowest BCUT2D eigenvalue weighted by Crippen LogP contribution is -2.44. The molecule has 0 amide bonds. The first-order valence-electron chi connectivity index (χ1n) is 13.3. The Morgan fingerprint density at radius 1 is 1.15 bits per heavy atom. The second-order valence-electron chi connectivity index (χ2n) is 11.3. The Bertz CT molecular complexity index is 1450. The van der Waals surface area contributed by atoms with E-state index in [1.54, 1.807) is 6.20 Å². The summed E-state index contributed by atoms with van der Waals surface area (Å²) >= 11 is 1.34. The minimum atomic E-state index is -4.59. The number of carboxylic acids is 1.